The summed E-state index contributed by atoms with van der Waals surface area (Å²) in [4.78, 5) is 0.452. The molecule has 0 fully saturated rings. The van der Waals surface area contributed by atoms with E-state index in [1.54, 1.807) is 13.0 Å². The number of hydrogen-bond donors (Lipinski definition) is 0. The smallest absolute Gasteiger partial charge is 0.178 e. The monoisotopic (exact) mass is 224 g/mol. The van der Waals surface area contributed by atoms with Gasteiger partial charge in [0, 0.05) is 0 Å². The van der Waals surface area contributed by atoms with Crippen LogP contribution in [0.4, 0.5) is 0 Å². The summed E-state index contributed by atoms with van der Waals surface area (Å²) in [5.74, 6) is 0.147. The van der Waals surface area contributed by atoms with E-state index in [1.807, 2.05) is 37.3 Å². The number of allylic oxidation sites excluding steroid dienone is 1. The molecule has 0 amide bonds. The first-order valence-corrected chi connectivity index (χ1v) is 6.75. The first kappa shape index (κ1) is 12.0. The maximum absolute atomic E-state index is 11.8. The van der Waals surface area contributed by atoms with E-state index in [2.05, 4.69) is 0 Å². The Bertz CT molecular complexity index is 430. The summed E-state index contributed by atoms with van der Waals surface area (Å²) in [7, 11) is -3.11. The van der Waals surface area contributed by atoms with Crippen LogP contribution in [-0.4, -0.2) is 14.2 Å². The quantitative estimate of drug-likeness (QED) is 0.788. The fourth-order valence-corrected chi connectivity index (χ4v) is 2.59. The van der Waals surface area contributed by atoms with Crippen LogP contribution in [0.3, 0.4) is 0 Å². The second kappa shape index (κ2) is 5.12. The van der Waals surface area contributed by atoms with Crippen LogP contribution in [0.1, 0.15) is 25.8 Å². The van der Waals surface area contributed by atoms with Gasteiger partial charge in [-0.25, -0.2) is 8.42 Å². The predicted octanol–water partition coefficient (Wildman–Crippen LogP) is 2.87. The normalized spacial score (nSPS) is 12.8. The van der Waals surface area contributed by atoms with Crippen LogP contribution >= 0.6 is 0 Å². The highest BCUT2D eigenvalue weighted by molar-refractivity contribution is 8.00. The number of hydrogen-bond acceptors (Lipinski definition) is 2. The third-order valence-electron chi connectivity index (χ3n) is 2.16. The molecule has 0 aliphatic carbocycles. The molecular weight excluding hydrogens is 208 g/mol. The largest absolute Gasteiger partial charge is 0.224 e. The van der Waals surface area contributed by atoms with E-state index in [4.69, 9.17) is 0 Å². The molecule has 0 atom stereocenters. The van der Waals surface area contributed by atoms with E-state index in [0.29, 0.717) is 4.91 Å². The molecule has 0 radical (unpaired) electrons. The molecule has 1 rings (SSSR count). The lowest BCUT2D eigenvalue weighted by Gasteiger charge is -2.07. The topological polar surface area (TPSA) is 34.1 Å². The molecule has 0 bridgehead atoms. The van der Waals surface area contributed by atoms with Crippen LogP contribution in [0.25, 0.3) is 4.91 Å². The van der Waals surface area contributed by atoms with Crippen LogP contribution < -0.4 is 0 Å². The molecule has 3 heteroatoms. The Labute approximate surface area is 91.6 Å². The maximum Gasteiger partial charge on any atom is 0.178 e. The van der Waals surface area contributed by atoms with Crippen molar-refractivity contribution in [3.05, 3.63) is 42.0 Å². The van der Waals surface area contributed by atoms with Gasteiger partial charge in [-0.15, -0.1) is 0 Å². The summed E-state index contributed by atoms with van der Waals surface area (Å²) in [5, 5.41) is 0. The van der Waals surface area contributed by atoms with Gasteiger partial charge in [0.1, 0.15) is 0 Å². The minimum atomic E-state index is -3.11. The van der Waals surface area contributed by atoms with Crippen molar-refractivity contribution < 1.29 is 8.42 Å². The van der Waals surface area contributed by atoms with Crippen LogP contribution in [0.5, 0.6) is 0 Å². The van der Waals surface area contributed by atoms with Gasteiger partial charge in [0.2, 0.25) is 0 Å². The Morgan fingerprint density at radius 1 is 1.20 bits per heavy atom. The lowest BCUT2D eigenvalue weighted by atomic mass is 10.2. The summed E-state index contributed by atoms with van der Waals surface area (Å²) >= 11 is 0. The first-order valence-electron chi connectivity index (χ1n) is 5.10. The van der Waals surface area contributed by atoms with Crippen molar-refractivity contribution in [3.8, 4) is 0 Å². The van der Waals surface area contributed by atoms with Gasteiger partial charge in [0.15, 0.2) is 9.84 Å². The Morgan fingerprint density at radius 3 is 2.27 bits per heavy atom. The SMILES string of the molecule is CC/C=C(\c1ccccc1)S(=O)(=O)CC. The Balaban J connectivity index is 3.23. The second-order valence-corrected chi connectivity index (χ2v) is 5.49. The highest BCUT2D eigenvalue weighted by Gasteiger charge is 2.16. The van der Waals surface area contributed by atoms with Crippen molar-refractivity contribution in [2.75, 3.05) is 5.75 Å². The van der Waals surface area contributed by atoms with Crippen molar-refractivity contribution >= 4 is 14.7 Å². The molecule has 0 N–H and O–H groups in total. The Morgan fingerprint density at radius 2 is 1.80 bits per heavy atom. The molecule has 1 aromatic carbocycles. The average Bonchev–Trinajstić information content (AvgIpc) is 2.27. The lowest BCUT2D eigenvalue weighted by Crippen LogP contribution is -2.05. The third kappa shape index (κ3) is 2.93. The van der Waals surface area contributed by atoms with Crippen molar-refractivity contribution in [2.45, 2.75) is 20.3 Å². The minimum Gasteiger partial charge on any atom is -0.224 e. The zero-order valence-corrected chi connectivity index (χ0v) is 9.92. The fraction of sp³-hybridized carbons (Fsp3) is 0.333. The molecule has 15 heavy (non-hydrogen) atoms. The van der Waals surface area contributed by atoms with Gasteiger partial charge >= 0.3 is 0 Å². The molecule has 0 aromatic heterocycles. The number of rotatable bonds is 4. The van der Waals surface area contributed by atoms with Gasteiger partial charge < -0.3 is 0 Å². The van der Waals surface area contributed by atoms with Crippen molar-refractivity contribution in [3.63, 3.8) is 0 Å². The molecule has 0 saturated heterocycles. The molecule has 0 heterocycles. The summed E-state index contributed by atoms with van der Waals surface area (Å²) in [6.07, 6.45) is 2.50. The first-order chi connectivity index (χ1) is 7.11. The van der Waals surface area contributed by atoms with E-state index in [0.717, 1.165) is 12.0 Å². The van der Waals surface area contributed by atoms with Gasteiger partial charge in [-0.1, -0.05) is 50.3 Å². The minimum absolute atomic E-state index is 0.147. The van der Waals surface area contributed by atoms with Crippen molar-refractivity contribution in [1.82, 2.24) is 0 Å². The Hall–Kier alpha value is -1.09. The lowest BCUT2D eigenvalue weighted by molar-refractivity contribution is 0.607. The molecule has 2 nitrogen and oxygen atoms in total. The zero-order chi connectivity index (χ0) is 11.3. The van der Waals surface area contributed by atoms with Crippen molar-refractivity contribution in [2.24, 2.45) is 0 Å². The van der Waals surface area contributed by atoms with E-state index >= 15 is 0 Å². The van der Waals surface area contributed by atoms with E-state index in [9.17, 15) is 8.42 Å². The molecule has 0 aliphatic rings. The zero-order valence-electron chi connectivity index (χ0n) is 9.10. The highest BCUT2D eigenvalue weighted by atomic mass is 32.2. The van der Waals surface area contributed by atoms with Crippen LogP contribution in [-0.2, 0) is 9.84 Å². The average molecular weight is 224 g/mol. The van der Waals surface area contributed by atoms with Gasteiger partial charge in [-0.3, -0.25) is 0 Å². The third-order valence-corrected chi connectivity index (χ3v) is 4.00. The van der Waals surface area contributed by atoms with Gasteiger partial charge in [-0.05, 0) is 12.0 Å². The van der Waals surface area contributed by atoms with Gasteiger partial charge in [0.05, 0.1) is 10.7 Å². The van der Waals surface area contributed by atoms with Crippen LogP contribution in [0, 0.1) is 0 Å². The van der Waals surface area contributed by atoms with Gasteiger partial charge in [0.25, 0.3) is 0 Å². The molecule has 0 aliphatic heterocycles. The molecule has 1 aromatic rings. The van der Waals surface area contributed by atoms with Crippen molar-refractivity contribution in [1.29, 1.82) is 0 Å². The van der Waals surface area contributed by atoms with Crippen LogP contribution in [0.15, 0.2) is 36.4 Å². The maximum atomic E-state index is 11.8. The fourth-order valence-electron chi connectivity index (χ4n) is 1.37. The van der Waals surface area contributed by atoms with Crippen LogP contribution in [0.2, 0.25) is 0 Å². The molecule has 0 spiro atoms. The second-order valence-electron chi connectivity index (χ2n) is 3.25. The molecular formula is C12H16O2S. The number of benzene rings is 1. The molecule has 0 unspecified atom stereocenters. The summed E-state index contributed by atoms with van der Waals surface area (Å²) in [5.41, 5.74) is 0.779. The van der Waals surface area contributed by atoms with E-state index < -0.39 is 9.84 Å². The summed E-state index contributed by atoms with van der Waals surface area (Å²) in [6, 6.07) is 9.24. The molecule has 82 valence electrons. The predicted molar refractivity (Wildman–Crippen MR) is 64.2 cm³/mol. The highest BCUT2D eigenvalue weighted by Crippen LogP contribution is 2.21. The Kier molecular flexibility index (Phi) is 4.09. The molecule has 0 saturated carbocycles. The standard InChI is InChI=1S/C12H16O2S/c1-3-8-12(15(13,14)4-2)11-9-6-5-7-10-11/h5-10H,3-4H2,1-2H3/b12-8+. The van der Waals surface area contributed by atoms with Gasteiger partial charge in [-0.2, -0.15) is 0 Å². The number of sulfone groups is 1. The summed E-state index contributed by atoms with van der Waals surface area (Å²) < 4.78 is 23.6. The van der Waals surface area contributed by atoms with E-state index in [1.165, 1.54) is 0 Å². The summed E-state index contributed by atoms with van der Waals surface area (Å²) in [6.45, 7) is 3.61. The van der Waals surface area contributed by atoms with E-state index in [-0.39, 0.29) is 5.75 Å².